The van der Waals surface area contributed by atoms with E-state index in [9.17, 15) is 4.79 Å². The van der Waals surface area contributed by atoms with Crippen molar-refractivity contribution in [3.8, 4) is 0 Å². The van der Waals surface area contributed by atoms with Crippen LogP contribution in [0.3, 0.4) is 0 Å². The Labute approximate surface area is 178 Å². The summed E-state index contributed by atoms with van der Waals surface area (Å²) in [7, 11) is 0. The lowest BCUT2D eigenvalue weighted by Crippen LogP contribution is -2.20. The van der Waals surface area contributed by atoms with E-state index in [2.05, 4.69) is 43.7 Å². The Morgan fingerprint density at radius 3 is 2.83 bits per heavy atom. The second-order valence-corrected chi connectivity index (χ2v) is 7.71. The van der Waals surface area contributed by atoms with E-state index < -0.39 is 0 Å². The molecule has 6 nitrogen and oxygen atoms in total. The van der Waals surface area contributed by atoms with E-state index in [1.165, 1.54) is 5.56 Å². The fourth-order valence-corrected chi connectivity index (χ4v) is 4.09. The van der Waals surface area contributed by atoms with Gasteiger partial charge in [0.2, 0.25) is 0 Å². The first kappa shape index (κ1) is 18.5. The molecule has 0 saturated carbocycles. The molecule has 5 rings (SSSR count). The molecule has 0 radical (unpaired) electrons. The maximum atomic E-state index is 12.5. The number of fused-ring (bicyclic) bond motifs is 2. The predicted molar refractivity (Wildman–Crippen MR) is 121 cm³/mol. The summed E-state index contributed by atoms with van der Waals surface area (Å²) in [6.45, 7) is 1.70. The fourth-order valence-electron chi connectivity index (χ4n) is 3.96. The molecule has 7 heteroatoms. The van der Waals surface area contributed by atoms with E-state index in [0.29, 0.717) is 10.7 Å². The molecule has 0 aliphatic carbocycles. The first-order valence-corrected chi connectivity index (χ1v) is 10.2. The van der Waals surface area contributed by atoms with E-state index in [1.54, 1.807) is 24.3 Å². The lowest BCUT2D eigenvalue weighted by atomic mass is 10.1. The van der Waals surface area contributed by atoms with Gasteiger partial charge in [-0.05, 0) is 60.5 Å². The van der Waals surface area contributed by atoms with Gasteiger partial charge in [0.05, 0.1) is 0 Å². The highest BCUT2D eigenvalue weighted by atomic mass is 35.5. The van der Waals surface area contributed by atoms with E-state index >= 15 is 0 Å². The van der Waals surface area contributed by atoms with Crippen LogP contribution in [0.5, 0.6) is 0 Å². The van der Waals surface area contributed by atoms with Gasteiger partial charge in [-0.1, -0.05) is 17.7 Å². The van der Waals surface area contributed by atoms with E-state index in [0.717, 1.165) is 47.5 Å². The van der Waals surface area contributed by atoms with Crippen LogP contribution in [0.2, 0.25) is 5.02 Å². The van der Waals surface area contributed by atoms with Gasteiger partial charge in [-0.2, -0.15) is 0 Å². The molecule has 0 saturated heterocycles. The lowest BCUT2D eigenvalue weighted by Gasteiger charge is -2.20. The fraction of sp³-hybridized carbons (Fsp3) is 0.130. The molecule has 150 valence electrons. The van der Waals surface area contributed by atoms with Gasteiger partial charge >= 0.3 is 6.03 Å². The van der Waals surface area contributed by atoms with Gasteiger partial charge in [-0.15, -0.1) is 0 Å². The van der Waals surface area contributed by atoms with Gasteiger partial charge < -0.3 is 20.5 Å². The summed E-state index contributed by atoms with van der Waals surface area (Å²) in [6.07, 6.45) is 4.64. The molecule has 2 aromatic heterocycles. The maximum absolute atomic E-state index is 12.5. The number of urea groups is 1. The van der Waals surface area contributed by atoms with Crippen LogP contribution >= 0.6 is 11.6 Å². The van der Waals surface area contributed by atoms with Gasteiger partial charge in [0.15, 0.2) is 0 Å². The normalized spacial score (nSPS) is 12.8. The molecule has 0 bridgehead atoms. The van der Waals surface area contributed by atoms with Gasteiger partial charge in [0, 0.05) is 58.5 Å². The first-order valence-electron chi connectivity index (χ1n) is 9.79. The van der Waals surface area contributed by atoms with Crippen molar-refractivity contribution in [2.45, 2.75) is 13.0 Å². The van der Waals surface area contributed by atoms with Gasteiger partial charge in [0.25, 0.3) is 0 Å². The van der Waals surface area contributed by atoms with Crippen LogP contribution in [0.4, 0.5) is 21.9 Å². The summed E-state index contributed by atoms with van der Waals surface area (Å²) in [6, 6.07) is 16.9. The van der Waals surface area contributed by atoms with E-state index in [4.69, 9.17) is 11.6 Å². The number of anilines is 3. The highest BCUT2D eigenvalue weighted by molar-refractivity contribution is 6.30. The third-order valence-electron chi connectivity index (χ3n) is 5.39. The van der Waals surface area contributed by atoms with Crippen LogP contribution in [-0.2, 0) is 13.0 Å². The molecule has 2 aromatic carbocycles. The molecule has 0 spiro atoms. The Kier molecular flexibility index (Phi) is 4.77. The van der Waals surface area contributed by atoms with Crippen molar-refractivity contribution in [2.24, 2.45) is 0 Å². The molecule has 0 unspecified atom stereocenters. The minimum Gasteiger partial charge on any atom is -0.367 e. The van der Waals surface area contributed by atoms with Crippen LogP contribution in [0.15, 0.2) is 67.0 Å². The summed E-state index contributed by atoms with van der Waals surface area (Å²) in [5.74, 6) is 0. The summed E-state index contributed by atoms with van der Waals surface area (Å²) < 4.78 is 0. The zero-order chi connectivity index (χ0) is 20.5. The quantitative estimate of drug-likeness (QED) is 0.415. The number of hydrogen-bond donors (Lipinski definition) is 3. The summed E-state index contributed by atoms with van der Waals surface area (Å²) in [5, 5.41) is 7.61. The van der Waals surface area contributed by atoms with E-state index in [1.807, 2.05) is 24.5 Å². The van der Waals surface area contributed by atoms with Gasteiger partial charge in [-0.25, -0.2) is 9.78 Å². The second kappa shape index (κ2) is 7.72. The first-order chi connectivity index (χ1) is 14.7. The summed E-state index contributed by atoms with van der Waals surface area (Å²) in [4.78, 5) is 22.4. The lowest BCUT2D eigenvalue weighted by molar-refractivity contribution is 0.262. The molecule has 30 heavy (non-hydrogen) atoms. The molecular formula is C23H20ClN5O. The van der Waals surface area contributed by atoms with Crippen LogP contribution < -0.4 is 15.5 Å². The maximum Gasteiger partial charge on any atom is 0.323 e. The number of carbonyl (C=O) groups is 1. The Balaban J connectivity index is 1.34. The number of nitrogens with one attached hydrogen (secondary N) is 3. The number of aromatic nitrogens is 2. The molecule has 3 heterocycles. The molecule has 1 aliphatic heterocycles. The van der Waals surface area contributed by atoms with Gasteiger partial charge in [0.1, 0.15) is 5.65 Å². The number of nitrogens with zero attached hydrogens (tertiary/aromatic N) is 2. The number of hydrogen-bond acceptors (Lipinski definition) is 3. The highest BCUT2D eigenvalue weighted by Gasteiger charge is 2.23. The van der Waals surface area contributed by atoms with Crippen molar-refractivity contribution in [3.05, 3.63) is 83.1 Å². The van der Waals surface area contributed by atoms with Gasteiger partial charge in [-0.3, -0.25) is 0 Å². The molecular weight excluding hydrogens is 398 g/mol. The SMILES string of the molecule is O=C(Nc1ccc(Cl)cc1)Nc1cccc2c1CCN2Cc1ccnc2[nH]ccc12. The minimum atomic E-state index is -0.271. The number of halogens is 1. The topological polar surface area (TPSA) is 73.1 Å². The number of H-pyrrole nitrogens is 1. The average Bonchev–Trinajstić information content (AvgIpc) is 3.38. The number of rotatable bonds is 4. The molecule has 4 aromatic rings. The summed E-state index contributed by atoms with van der Waals surface area (Å²) in [5.41, 5.74) is 5.97. The number of aromatic amines is 1. The Hall–Kier alpha value is -3.51. The third-order valence-corrected chi connectivity index (χ3v) is 5.64. The minimum absolute atomic E-state index is 0.271. The predicted octanol–water partition coefficient (Wildman–Crippen LogP) is 5.42. The Bertz CT molecular complexity index is 1220. The Morgan fingerprint density at radius 1 is 1.10 bits per heavy atom. The van der Waals surface area contributed by atoms with Crippen LogP contribution in [0, 0.1) is 0 Å². The van der Waals surface area contributed by atoms with Crippen molar-refractivity contribution in [1.82, 2.24) is 9.97 Å². The summed E-state index contributed by atoms with van der Waals surface area (Å²) >= 11 is 5.90. The number of benzene rings is 2. The highest BCUT2D eigenvalue weighted by Crippen LogP contribution is 2.35. The van der Waals surface area contributed by atoms with E-state index in [-0.39, 0.29) is 6.03 Å². The zero-order valence-corrected chi connectivity index (χ0v) is 16.9. The smallest absolute Gasteiger partial charge is 0.323 e. The number of carbonyl (C=O) groups excluding carboxylic acids is 1. The monoisotopic (exact) mass is 417 g/mol. The Morgan fingerprint density at radius 2 is 1.97 bits per heavy atom. The van der Waals surface area contributed by atoms with Crippen molar-refractivity contribution < 1.29 is 4.79 Å². The second-order valence-electron chi connectivity index (χ2n) is 7.27. The molecule has 0 atom stereocenters. The molecule has 3 N–H and O–H groups in total. The van der Waals surface area contributed by atoms with Crippen molar-refractivity contribution >= 4 is 45.7 Å². The standard InChI is InChI=1S/C23H20ClN5O/c24-16-4-6-17(7-5-16)27-23(30)28-20-2-1-3-21-19(20)10-13-29(21)14-15-8-11-25-22-18(15)9-12-26-22/h1-9,11-12H,10,13-14H2,(H,25,26)(H2,27,28,30). The largest absolute Gasteiger partial charge is 0.367 e. The third kappa shape index (κ3) is 3.57. The number of amides is 2. The van der Waals surface area contributed by atoms with Crippen molar-refractivity contribution in [3.63, 3.8) is 0 Å². The van der Waals surface area contributed by atoms with Crippen LogP contribution in [0.1, 0.15) is 11.1 Å². The van der Waals surface area contributed by atoms with Crippen LogP contribution in [0.25, 0.3) is 11.0 Å². The number of pyridine rings is 1. The average molecular weight is 418 g/mol. The molecule has 2 amide bonds. The van der Waals surface area contributed by atoms with Crippen molar-refractivity contribution in [1.29, 1.82) is 0 Å². The zero-order valence-electron chi connectivity index (χ0n) is 16.2. The van der Waals surface area contributed by atoms with Crippen molar-refractivity contribution in [2.75, 3.05) is 22.1 Å². The molecule has 0 fully saturated rings. The van der Waals surface area contributed by atoms with Crippen LogP contribution in [-0.4, -0.2) is 22.5 Å². The molecule has 1 aliphatic rings.